The van der Waals surface area contributed by atoms with E-state index in [1.165, 1.54) is 14.2 Å². The molecule has 0 spiro atoms. The molecule has 104 valence electrons. The number of halogens is 1. The maximum absolute atomic E-state index is 5.98. The molecular weight excluding hydrogens is 312 g/mol. The number of methoxy groups -OCH3 is 1. The van der Waals surface area contributed by atoms with Gasteiger partial charge in [0.15, 0.2) is 0 Å². The fourth-order valence-electron chi connectivity index (χ4n) is 2.03. The van der Waals surface area contributed by atoms with Crippen LogP contribution in [0.25, 0.3) is 0 Å². The van der Waals surface area contributed by atoms with E-state index in [1.54, 1.807) is 7.11 Å². The van der Waals surface area contributed by atoms with Crippen molar-refractivity contribution >= 4 is 27.3 Å². The molecular formula is C13H23BrN2OS. The van der Waals surface area contributed by atoms with Gasteiger partial charge >= 0.3 is 0 Å². The number of hydrogen-bond donors (Lipinski definition) is 1. The van der Waals surface area contributed by atoms with Crippen LogP contribution in [0, 0.1) is 6.92 Å². The summed E-state index contributed by atoms with van der Waals surface area (Å²) in [4.78, 5) is 5.03. The lowest BCUT2D eigenvalue weighted by molar-refractivity contribution is 0.0992. The number of rotatable bonds is 7. The Kier molecular flexibility index (Phi) is 6.81. The third-order valence-electron chi connectivity index (χ3n) is 3.05. The van der Waals surface area contributed by atoms with Gasteiger partial charge in [-0.05, 0) is 42.8 Å². The van der Waals surface area contributed by atoms with Gasteiger partial charge in [0.1, 0.15) is 0 Å². The molecule has 0 amide bonds. The summed E-state index contributed by atoms with van der Waals surface area (Å²) in [7, 11) is 1.74. The number of nitrogens with two attached hydrogens (primary N) is 1. The zero-order chi connectivity index (χ0) is 13.7. The second kappa shape index (κ2) is 7.60. The summed E-state index contributed by atoms with van der Waals surface area (Å²) >= 11 is 5.40. The Morgan fingerprint density at radius 3 is 2.56 bits per heavy atom. The van der Waals surface area contributed by atoms with E-state index in [2.05, 4.69) is 47.7 Å². The van der Waals surface area contributed by atoms with Gasteiger partial charge in [-0.25, -0.2) is 0 Å². The first-order valence-electron chi connectivity index (χ1n) is 6.21. The summed E-state index contributed by atoms with van der Waals surface area (Å²) in [5, 5.41) is 0. The average Bonchev–Trinajstić information content (AvgIpc) is 2.64. The fraction of sp³-hybridized carbons (Fsp3) is 0.692. The van der Waals surface area contributed by atoms with Crippen molar-refractivity contribution in [2.75, 3.05) is 26.8 Å². The van der Waals surface area contributed by atoms with Crippen molar-refractivity contribution in [2.24, 2.45) is 5.73 Å². The minimum atomic E-state index is 0.273. The largest absolute Gasteiger partial charge is 0.383 e. The standard InChI is InChI=1S/C13H23BrN2OS/c1-9(2)16(5-6-17-4)12(8-15)13-7-11(14)10(3)18-13/h7,9,12H,5-6,8,15H2,1-4H3. The molecule has 1 heterocycles. The SMILES string of the molecule is COCCN(C(C)C)C(CN)c1cc(Br)c(C)s1. The highest BCUT2D eigenvalue weighted by Gasteiger charge is 2.23. The second-order valence-corrected chi connectivity index (χ2v) is 6.77. The van der Waals surface area contributed by atoms with E-state index >= 15 is 0 Å². The highest BCUT2D eigenvalue weighted by molar-refractivity contribution is 9.10. The average molecular weight is 335 g/mol. The van der Waals surface area contributed by atoms with E-state index in [4.69, 9.17) is 10.5 Å². The Morgan fingerprint density at radius 1 is 1.50 bits per heavy atom. The van der Waals surface area contributed by atoms with Crippen molar-refractivity contribution in [1.82, 2.24) is 4.90 Å². The molecule has 0 aliphatic rings. The quantitative estimate of drug-likeness (QED) is 0.832. The van der Waals surface area contributed by atoms with Crippen LogP contribution in [0.2, 0.25) is 0 Å². The summed E-state index contributed by atoms with van der Waals surface area (Å²) in [5.41, 5.74) is 5.98. The van der Waals surface area contributed by atoms with Gasteiger partial charge in [0.2, 0.25) is 0 Å². The van der Waals surface area contributed by atoms with Crippen LogP contribution in [0.5, 0.6) is 0 Å². The Bertz CT molecular complexity index is 348. The third kappa shape index (κ3) is 4.03. The maximum Gasteiger partial charge on any atom is 0.0590 e. The lowest BCUT2D eigenvalue weighted by atomic mass is 10.1. The normalized spacial score (nSPS) is 13.6. The predicted octanol–water partition coefficient (Wildman–Crippen LogP) is 3.18. The molecule has 1 aromatic heterocycles. The molecule has 0 aromatic carbocycles. The third-order valence-corrected chi connectivity index (χ3v) is 5.28. The van der Waals surface area contributed by atoms with Crippen molar-refractivity contribution < 1.29 is 4.74 Å². The molecule has 0 aliphatic carbocycles. The highest BCUT2D eigenvalue weighted by Crippen LogP contribution is 2.33. The van der Waals surface area contributed by atoms with E-state index in [0.29, 0.717) is 12.6 Å². The zero-order valence-electron chi connectivity index (χ0n) is 11.6. The van der Waals surface area contributed by atoms with Crippen LogP contribution in [0.4, 0.5) is 0 Å². The van der Waals surface area contributed by atoms with E-state index in [9.17, 15) is 0 Å². The summed E-state index contributed by atoms with van der Waals surface area (Å²) < 4.78 is 6.37. The first-order chi connectivity index (χ1) is 8.51. The Labute approximate surface area is 122 Å². The van der Waals surface area contributed by atoms with Crippen molar-refractivity contribution in [2.45, 2.75) is 32.9 Å². The van der Waals surface area contributed by atoms with Crippen LogP contribution in [0.1, 0.15) is 29.6 Å². The van der Waals surface area contributed by atoms with E-state index < -0.39 is 0 Å². The van der Waals surface area contributed by atoms with Crippen LogP contribution in [0.3, 0.4) is 0 Å². The van der Waals surface area contributed by atoms with Gasteiger partial charge in [0.05, 0.1) is 12.6 Å². The Hall–Kier alpha value is 0.0600. The predicted molar refractivity (Wildman–Crippen MR) is 82.3 cm³/mol. The monoisotopic (exact) mass is 334 g/mol. The van der Waals surface area contributed by atoms with Crippen LogP contribution < -0.4 is 5.73 Å². The first kappa shape index (κ1) is 16.1. The molecule has 0 saturated heterocycles. The molecule has 0 radical (unpaired) electrons. The number of ether oxygens (including phenoxy) is 1. The molecule has 1 unspecified atom stereocenters. The molecule has 0 aliphatic heterocycles. The number of thiophene rings is 1. The first-order valence-corrected chi connectivity index (χ1v) is 7.82. The lowest BCUT2D eigenvalue weighted by Crippen LogP contribution is -2.40. The van der Waals surface area contributed by atoms with Gasteiger partial charge < -0.3 is 10.5 Å². The topological polar surface area (TPSA) is 38.5 Å². The van der Waals surface area contributed by atoms with E-state index in [-0.39, 0.29) is 6.04 Å². The molecule has 0 bridgehead atoms. The summed E-state index contributed by atoms with van der Waals surface area (Å²) in [6, 6.07) is 2.92. The maximum atomic E-state index is 5.98. The van der Waals surface area contributed by atoms with Gasteiger partial charge in [0.25, 0.3) is 0 Å². The van der Waals surface area contributed by atoms with Crippen molar-refractivity contribution in [3.63, 3.8) is 0 Å². The molecule has 5 heteroatoms. The Morgan fingerprint density at radius 2 is 2.17 bits per heavy atom. The molecule has 2 N–H and O–H groups in total. The molecule has 3 nitrogen and oxygen atoms in total. The molecule has 18 heavy (non-hydrogen) atoms. The summed E-state index contributed by atoms with van der Waals surface area (Å²) in [5.74, 6) is 0. The van der Waals surface area contributed by atoms with Crippen molar-refractivity contribution in [3.8, 4) is 0 Å². The van der Waals surface area contributed by atoms with Crippen LogP contribution in [0.15, 0.2) is 10.5 Å². The molecule has 1 rings (SSSR count). The van der Waals surface area contributed by atoms with Crippen molar-refractivity contribution in [3.05, 3.63) is 20.3 Å². The molecule has 0 saturated carbocycles. The molecule has 1 aromatic rings. The van der Waals surface area contributed by atoms with Crippen LogP contribution in [-0.2, 0) is 4.74 Å². The molecule has 0 fully saturated rings. The lowest BCUT2D eigenvalue weighted by Gasteiger charge is -2.33. The van der Waals surface area contributed by atoms with E-state index in [1.807, 2.05) is 11.3 Å². The van der Waals surface area contributed by atoms with Gasteiger partial charge in [-0.15, -0.1) is 11.3 Å². The number of hydrogen-bond acceptors (Lipinski definition) is 4. The van der Waals surface area contributed by atoms with Gasteiger partial charge in [-0.1, -0.05) is 0 Å². The van der Waals surface area contributed by atoms with E-state index in [0.717, 1.165) is 13.2 Å². The minimum Gasteiger partial charge on any atom is -0.383 e. The molecule has 1 atom stereocenters. The van der Waals surface area contributed by atoms with Crippen LogP contribution in [-0.4, -0.2) is 37.7 Å². The summed E-state index contributed by atoms with van der Waals surface area (Å²) in [6.45, 7) is 8.81. The van der Waals surface area contributed by atoms with Gasteiger partial charge in [0, 0.05) is 40.5 Å². The number of nitrogens with zero attached hydrogens (tertiary/aromatic N) is 1. The van der Waals surface area contributed by atoms with Crippen LogP contribution >= 0.6 is 27.3 Å². The van der Waals surface area contributed by atoms with Gasteiger partial charge in [-0.3, -0.25) is 4.90 Å². The second-order valence-electron chi connectivity index (χ2n) is 4.63. The smallest absolute Gasteiger partial charge is 0.0590 e. The van der Waals surface area contributed by atoms with Gasteiger partial charge in [-0.2, -0.15) is 0 Å². The fourth-order valence-corrected chi connectivity index (χ4v) is 3.73. The Balaban J connectivity index is 2.90. The number of aryl methyl sites for hydroxylation is 1. The zero-order valence-corrected chi connectivity index (χ0v) is 14.0. The highest BCUT2D eigenvalue weighted by atomic mass is 79.9. The minimum absolute atomic E-state index is 0.273. The summed E-state index contributed by atoms with van der Waals surface area (Å²) in [6.07, 6.45) is 0. The van der Waals surface area contributed by atoms with Crippen molar-refractivity contribution in [1.29, 1.82) is 0 Å².